The van der Waals surface area contributed by atoms with Crippen LogP contribution < -0.4 is 14.8 Å². The molecule has 0 aromatic heterocycles. The summed E-state index contributed by atoms with van der Waals surface area (Å²) in [5.74, 6) is 2.95. The highest BCUT2D eigenvalue weighted by atomic mass is 16.6. The minimum atomic E-state index is 0.0134. The van der Waals surface area contributed by atoms with Crippen molar-refractivity contribution in [1.29, 1.82) is 0 Å². The Kier molecular flexibility index (Phi) is 2.83. The number of hydrogen-bond acceptors (Lipinski definition) is 3. The molecule has 1 amide bonds. The quantitative estimate of drug-likeness (QED) is 0.900. The molecule has 4 heteroatoms. The number of hydrogen-bond donors (Lipinski definition) is 1. The van der Waals surface area contributed by atoms with Crippen LogP contribution in [0.4, 0.5) is 0 Å². The monoisotopic (exact) mass is 273 g/mol. The van der Waals surface area contributed by atoms with Gasteiger partial charge < -0.3 is 14.8 Å². The molecule has 3 aliphatic rings. The summed E-state index contributed by atoms with van der Waals surface area (Å²) in [6.45, 7) is 1.12. The third kappa shape index (κ3) is 2.03. The minimum Gasteiger partial charge on any atom is -0.486 e. The maximum atomic E-state index is 12.4. The number of carbonyl (C=O) groups excluding carboxylic acids is 1. The van der Waals surface area contributed by atoms with E-state index >= 15 is 0 Å². The molecule has 4 rings (SSSR count). The first-order chi connectivity index (χ1) is 9.79. The zero-order valence-electron chi connectivity index (χ0n) is 11.4. The Hall–Kier alpha value is -1.71. The van der Waals surface area contributed by atoms with Gasteiger partial charge in [0.15, 0.2) is 11.5 Å². The summed E-state index contributed by atoms with van der Waals surface area (Å²) in [6, 6.07) is 5.80. The number of fused-ring (bicyclic) bond motifs is 3. The van der Waals surface area contributed by atoms with Crippen LogP contribution in [-0.4, -0.2) is 25.2 Å². The predicted molar refractivity (Wildman–Crippen MR) is 74.1 cm³/mol. The first-order valence-electron chi connectivity index (χ1n) is 7.50. The fourth-order valence-electron chi connectivity index (χ4n) is 3.86. The van der Waals surface area contributed by atoms with Gasteiger partial charge in [-0.15, -0.1) is 0 Å². The topological polar surface area (TPSA) is 47.6 Å². The second-order valence-electron chi connectivity index (χ2n) is 6.11. The number of rotatable bonds is 2. The molecule has 1 aliphatic heterocycles. The normalized spacial score (nSPS) is 30.3. The molecule has 0 saturated heterocycles. The van der Waals surface area contributed by atoms with E-state index in [1.54, 1.807) is 6.07 Å². The summed E-state index contributed by atoms with van der Waals surface area (Å²) in [7, 11) is 0. The Balaban J connectivity index is 1.48. The number of nitrogens with one attached hydrogen (secondary N) is 1. The zero-order chi connectivity index (χ0) is 13.5. The first-order valence-corrected chi connectivity index (χ1v) is 7.50. The Morgan fingerprint density at radius 2 is 1.95 bits per heavy atom. The molecule has 2 fully saturated rings. The second-order valence-corrected chi connectivity index (χ2v) is 6.11. The predicted octanol–water partition coefficient (Wildman–Crippen LogP) is 2.38. The third-order valence-corrected chi connectivity index (χ3v) is 4.86. The summed E-state index contributed by atoms with van der Waals surface area (Å²) in [4.78, 5) is 12.4. The van der Waals surface area contributed by atoms with Gasteiger partial charge in [-0.3, -0.25) is 4.79 Å². The van der Waals surface area contributed by atoms with Gasteiger partial charge in [0.1, 0.15) is 13.2 Å². The van der Waals surface area contributed by atoms with E-state index in [0.29, 0.717) is 36.5 Å². The van der Waals surface area contributed by atoms with Crippen molar-refractivity contribution in [2.45, 2.75) is 31.7 Å². The zero-order valence-corrected chi connectivity index (χ0v) is 11.4. The van der Waals surface area contributed by atoms with Crippen molar-refractivity contribution in [2.75, 3.05) is 13.2 Å². The van der Waals surface area contributed by atoms with Gasteiger partial charge in [-0.2, -0.15) is 0 Å². The Labute approximate surface area is 118 Å². The molecule has 2 bridgehead atoms. The van der Waals surface area contributed by atoms with E-state index in [9.17, 15) is 4.79 Å². The average Bonchev–Trinajstić information content (AvgIpc) is 3.09. The highest BCUT2D eigenvalue weighted by Crippen LogP contribution is 2.44. The van der Waals surface area contributed by atoms with Crippen molar-refractivity contribution in [3.63, 3.8) is 0 Å². The van der Waals surface area contributed by atoms with Crippen LogP contribution in [0.5, 0.6) is 11.5 Å². The van der Waals surface area contributed by atoms with Crippen LogP contribution in [0.25, 0.3) is 0 Å². The minimum absolute atomic E-state index is 0.0134. The van der Waals surface area contributed by atoms with Crippen LogP contribution in [-0.2, 0) is 0 Å². The molecular formula is C16H19NO3. The largest absolute Gasteiger partial charge is 0.486 e. The molecule has 1 heterocycles. The van der Waals surface area contributed by atoms with Gasteiger partial charge in [0.2, 0.25) is 0 Å². The molecule has 2 aliphatic carbocycles. The Morgan fingerprint density at radius 1 is 1.10 bits per heavy atom. The van der Waals surface area contributed by atoms with Gasteiger partial charge in [-0.05, 0) is 49.3 Å². The standard InChI is InChI=1S/C16H19NO3/c18-16(17-13-8-10-1-2-11(13)7-10)12-3-4-14-15(9-12)20-6-5-19-14/h3-4,9-11,13H,1-2,5-8H2,(H,17,18)/t10-,11+,13-/m0/s1. The highest BCUT2D eigenvalue weighted by molar-refractivity contribution is 5.95. The molecule has 2 saturated carbocycles. The van der Waals surface area contributed by atoms with Crippen LogP contribution in [0.2, 0.25) is 0 Å². The molecule has 20 heavy (non-hydrogen) atoms. The summed E-state index contributed by atoms with van der Waals surface area (Å²) in [5, 5.41) is 3.20. The van der Waals surface area contributed by atoms with E-state index < -0.39 is 0 Å². The lowest BCUT2D eigenvalue weighted by Gasteiger charge is -2.23. The van der Waals surface area contributed by atoms with E-state index in [1.807, 2.05) is 12.1 Å². The van der Waals surface area contributed by atoms with Gasteiger partial charge in [0, 0.05) is 11.6 Å². The fraction of sp³-hybridized carbons (Fsp3) is 0.562. The molecule has 0 radical (unpaired) electrons. The molecule has 1 aromatic rings. The maximum absolute atomic E-state index is 12.4. The third-order valence-electron chi connectivity index (χ3n) is 4.86. The summed E-state index contributed by atoms with van der Waals surface area (Å²) < 4.78 is 11.0. The van der Waals surface area contributed by atoms with Crippen molar-refractivity contribution < 1.29 is 14.3 Å². The summed E-state index contributed by atoms with van der Waals surface area (Å²) >= 11 is 0. The number of benzene rings is 1. The Morgan fingerprint density at radius 3 is 2.70 bits per heavy atom. The van der Waals surface area contributed by atoms with E-state index in [0.717, 1.165) is 18.1 Å². The molecule has 0 unspecified atom stereocenters. The van der Waals surface area contributed by atoms with E-state index in [4.69, 9.17) is 9.47 Å². The van der Waals surface area contributed by atoms with Gasteiger partial charge in [0.25, 0.3) is 5.91 Å². The SMILES string of the molecule is O=C(N[C@H]1C[C@H]2CC[C@@H]1C2)c1ccc2c(c1)OCCO2. The van der Waals surface area contributed by atoms with Crippen LogP contribution in [0.3, 0.4) is 0 Å². The van der Waals surface area contributed by atoms with Crippen molar-refractivity contribution in [1.82, 2.24) is 5.32 Å². The molecular weight excluding hydrogens is 254 g/mol. The molecule has 106 valence electrons. The van der Waals surface area contributed by atoms with Crippen molar-refractivity contribution in [2.24, 2.45) is 11.8 Å². The van der Waals surface area contributed by atoms with Crippen LogP contribution in [0.15, 0.2) is 18.2 Å². The van der Waals surface area contributed by atoms with Crippen LogP contribution >= 0.6 is 0 Å². The summed E-state index contributed by atoms with van der Waals surface area (Å²) in [6.07, 6.45) is 5.07. The van der Waals surface area contributed by atoms with E-state index in [2.05, 4.69) is 5.32 Å². The van der Waals surface area contributed by atoms with E-state index in [-0.39, 0.29) is 5.91 Å². The average molecular weight is 273 g/mol. The maximum Gasteiger partial charge on any atom is 0.251 e. The highest BCUT2D eigenvalue weighted by Gasteiger charge is 2.40. The number of ether oxygens (including phenoxy) is 2. The van der Waals surface area contributed by atoms with Crippen molar-refractivity contribution in [3.8, 4) is 11.5 Å². The van der Waals surface area contributed by atoms with Crippen LogP contribution in [0.1, 0.15) is 36.0 Å². The van der Waals surface area contributed by atoms with Gasteiger partial charge in [0.05, 0.1) is 0 Å². The Bertz CT molecular complexity index is 543. The molecule has 3 atom stereocenters. The summed E-state index contributed by atoms with van der Waals surface area (Å²) in [5.41, 5.74) is 0.664. The van der Waals surface area contributed by atoms with E-state index in [1.165, 1.54) is 19.3 Å². The van der Waals surface area contributed by atoms with Crippen molar-refractivity contribution in [3.05, 3.63) is 23.8 Å². The molecule has 0 spiro atoms. The molecule has 1 aromatic carbocycles. The van der Waals surface area contributed by atoms with Gasteiger partial charge >= 0.3 is 0 Å². The van der Waals surface area contributed by atoms with Gasteiger partial charge in [-0.25, -0.2) is 0 Å². The number of amides is 1. The molecule has 1 N–H and O–H groups in total. The van der Waals surface area contributed by atoms with Gasteiger partial charge in [-0.1, -0.05) is 6.42 Å². The fourth-order valence-corrected chi connectivity index (χ4v) is 3.86. The van der Waals surface area contributed by atoms with Crippen molar-refractivity contribution >= 4 is 5.91 Å². The van der Waals surface area contributed by atoms with Crippen LogP contribution in [0, 0.1) is 11.8 Å². The second kappa shape index (κ2) is 4.69. The lowest BCUT2D eigenvalue weighted by atomic mass is 9.95. The lowest BCUT2D eigenvalue weighted by Crippen LogP contribution is -2.38. The number of carbonyl (C=O) groups is 1. The lowest BCUT2D eigenvalue weighted by molar-refractivity contribution is 0.0921. The first kappa shape index (κ1) is 12.1. The molecule has 4 nitrogen and oxygen atoms in total. The smallest absolute Gasteiger partial charge is 0.251 e.